The Morgan fingerprint density at radius 3 is 2.61 bits per heavy atom. The number of rotatable bonds is 5. The number of phenolic OH excluding ortho intramolecular Hbond substituents is 1. The molecule has 5 rings (SSSR count). The van der Waals surface area contributed by atoms with Crippen LogP contribution in [0.3, 0.4) is 0 Å². The van der Waals surface area contributed by atoms with Gasteiger partial charge in [-0.25, -0.2) is 0 Å². The molecule has 172 valence electrons. The number of hydrogen-bond donors (Lipinski definition) is 2. The van der Waals surface area contributed by atoms with Crippen molar-refractivity contribution in [1.82, 2.24) is 4.90 Å². The summed E-state index contributed by atoms with van der Waals surface area (Å²) in [5.41, 5.74) is 2.39. The molecular weight excluding hydrogens is 421 g/mol. The molecule has 0 saturated carbocycles. The lowest BCUT2D eigenvalue weighted by Crippen LogP contribution is -2.45. The number of amides is 2. The van der Waals surface area contributed by atoms with Gasteiger partial charge in [0.25, 0.3) is 0 Å². The molecule has 2 heterocycles. The van der Waals surface area contributed by atoms with E-state index < -0.39 is 25.1 Å². The van der Waals surface area contributed by atoms with Gasteiger partial charge in [-0.1, -0.05) is 37.3 Å². The van der Waals surface area contributed by atoms with Crippen molar-refractivity contribution < 1.29 is 29.1 Å². The SMILES string of the molecule is CCCN1C(=O)[C@H]2[C@H](CC(COC)=C3B(O)O[C@H](c4ccc(O)c5ccccc45)C[C@H]32)C1=O. The van der Waals surface area contributed by atoms with Crippen LogP contribution in [0.25, 0.3) is 10.8 Å². The smallest absolute Gasteiger partial charge is 0.487 e. The van der Waals surface area contributed by atoms with E-state index in [-0.39, 0.29) is 30.1 Å². The molecule has 4 atom stereocenters. The van der Waals surface area contributed by atoms with Crippen molar-refractivity contribution in [3.63, 3.8) is 0 Å². The molecule has 1 aliphatic carbocycles. The van der Waals surface area contributed by atoms with Gasteiger partial charge in [-0.3, -0.25) is 14.5 Å². The topological polar surface area (TPSA) is 96.3 Å². The van der Waals surface area contributed by atoms with E-state index in [1.54, 1.807) is 13.2 Å². The molecule has 2 fully saturated rings. The molecule has 2 amide bonds. The second kappa shape index (κ2) is 8.59. The monoisotopic (exact) mass is 449 g/mol. The minimum Gasteiger partial charge on any atom is -0.507 e. The highest BCUT2D eigenvalue weighted by atomic mass is 16.5. The standard InChI is InChI=1S/C25H28BNO6/c1-3-10-27-24(29)19-11-14(13-32-2)23-18(22(19)25(27)30)12-21(33-26(23)31)17-8-9-20(28)16-7-5-4-6-15(16)17/h4-9,18-19,21-22,28,31H,3,10-13H2,1-2H3/t18-,19-,21-,22+/m0/s1. The lowest BCUT2D eigenvalue weighted by atomic mass is 9.55. The van der Waals surface area contributed by atoms with Gasteiger partial charge in [-0.05, 0) is 53.2 Å². The third-order valence-electron chi connectivity index (χ3n) is 7.35. The third-order valence-corrected chi connectivity index (χ3v) is 7.35. The van der Waals surface area contributed by atoms with Crippen LogP contribution in [0.5, 0.6) is 5.75 Å². The van der Waals surface area contributed by atoms with Crippen LogP contribution in [-0.4, -0.2) is 54.2 Å². The molecule has 8 heteroatoms. The van der Waals surface area contributed by atoms with Crippen LogP contribution in [0, 0.1) is 17.8 Å². The Morgan fingerprint density at radius 1 is 1.12 bits per heavy atom. The molecule has 2 aromatic rings. The summed E-state index contributed by atoms with van der Waals surface area (Å²) in [6, 6.07) is 11.0. The summed E-state index contributed by atoms with van der Waals surface area (Å²) in [7, 11) is 0.400. The van der Waals surface area contributed by atoms with Gasteiger partial charge in [0.05, 0.1) is 24.5 Å². The molecular formula is C25H28BNO6. The molecule has 0 spiro atoms. The molecule has 7 nitrogen and oxygen atoms in total. The van der Waals surface area contributed by atoms with E-state index in [4.69, 9.17) is 9.39 Å². The van der Waals surface area contributed by atoms with Gasteiger partial charge in [0.1, 0.15) is 5.75 Å². The second-order valence-corrected chi connectivity index (χ2v) is 9.20. The fourth-order valence-electron chi connectivity index (χ4n) is 6.01. The average molecular weight is 449 g/mol. The number of benzene rings is 2. The highest BCUT2D eigenvalue weighted by molar-refractivity contribution is 6.53. The van der Waals surface area contributed by atoms with Crippen LogP contribution in [-0.2, 0) is 19.0 Å². The molecule has 2 aromatic carbocycles. The fourth-order valence-corrected chi connectivity index (χ4v) is 6.01. The van der Waals surface area contributed by atoms with Gasteiger partial charge < -0.3 is 19.5 Å². The number of methoxy groups -OCH3 is 1. The first-order chi connectivity index (χ1) is 16.0. The first-order valence-corrected chi connectivity index (χ1v) is 11.6. The number of carbonyl (C=O) groups excluding carboxylic acids is 2. The maximum Gasteiger partial charge on any atom is 0.487 e. The number of hydrogen-bond acceptors (Lipinski definition) is 6. The van der Waals surface area contributed by atoms with Gasteiger partial charge in [0.15, 0.2) is 0 Å². The Morgan fingerprint density at radius 2 is 1.88 bits per heavy atom. The Labute approximate surface area is 193 Å². The number of phenols is 1. The number of imide groups is 1. The summed E-state index contributed by atoms with van der Waals surface area (Å²) in [6.45, 7) is 2.65. The molecule has 0 aromatic heterocycles. The molecule has 33 heavy (non-hydrogen) atoms. The van der Waals surface area contributed by atoms with E-state index in [9.17, 15) is 19.7 Å². The predicted octanol–water partition coefficient (Wildman–Crippen LogP) is 3.00. The van der Waals surface area contributed by atoms with Crippen molar-refractivity contribution in [3.8, 4) is 5.75 Å². The van der Waals surface area contributed by atoms with Crippen LogP contribution < -0.4 is 0 Å². The van der Waals surface area contributed by atoms with Crippen molar-refractivity contribution in [2.75, 3.05) is 20.3 Å². The number of aromatic hydroxyl groups is 1. The maximum absolute atomic E-state index is 13.4. The molecule has 2 saturated heterocycles. The highest BCUT2D eigenvalue weighted by Gasteiger charge is 2.57. The summed E-state index contributed by atoms with van der Waals surface area (Å²) >= 11 is 0. The Hall–Kier alpha value is -2.68. The van der Waals surface area contributed by atoms with E-state index in [1.807, 2.05) is 37.3 Å². The van der Waals surface area contributed by atoms with Crippen molar-refractivity contribution in [2.45, 2.75) is 32.3 Å². The number of likely N-dealkylation sites (tertiary alicyclic amines) is 1. The number of allylic oxidation sites excluding steroid dienone is 1. The minimum absolute atomic E-state index is 0.118. The highest BCUT2D eigenvalue weighted by Crippen LogP contribution is 2.52. The zero-order chi connectivity index (χ0) is 23.3. The first kappa shape index (κ1) is 22.1. The fraction of sp³-hybridized carbons (Fsp3) is 0.440. The molecule has 0 bridgehead atoms. The Balaban J connectivity index is 1.58. The summed E-state index contributed by atoms with van der Waals surface area (Å²) in [5.74, 6) is -1.32. The molecule has 0 unspecified atom stereocenters. The molecule has 2 aliphatic heterocycles. The van der Waals surface area contributed by atoms with E-state index >= 15 is 0 Å². The van der Waals surface area contributed by atoms with Gasteiger partial charge >= 0.3 is 7.12 Å². The van der Waals surface area contributed by atoms with Gasteiger partial charge in [-0.15, -0.1) is 0 Å². The number of carbonyl (C=O) groups is 2. The quantitative estimate of drug-likeness (QED) is 0.538. The van der Waals surface area contributed by atoms with Crippen LogP contribution in [0.2, 0.25) is 0 Å². The lowest BCUT2D eigenvalue weighted by Gasteiger charge is -2.42. The maximum atomic E-state index is 13.4. The summed E-state index contributed by atoms with van der Waals surface area (Å²) in [5, 5.41) is 22.9. The van der Waals surface area contributed by atoms with E-state index in [0.29, 0.717) is 36.7 Å². The molecule has 0 radical (unpaired) electrons. The van der Waals surface area contributed by atoms with Gasteiger partial charge in [0, 0.05) is 19.0 Å². The van der Waals surface area contributed by atoms with Crippen molar-refractivity contribution in [2.24, 2.45) is 17.8 Å². The third kappa shape index (κ3) is 3.48. The van der Waals surface area contributed by atoms with Crippen molar-refractivity contribution in [3.05, 3.63) is 53.0 Å². The minimum atomic E-state index is -1.18. The molecule has 3 aliphatic rings. The Bertz CT molecular complexity index is 1150. The van der Waals surface area contributed by atoms with Gasteiger partial charge in [-0.2, -0.15) is 0 Å². The summed E-state index contributed by atoms with van der Waals surface area (Å²) < 4.78 is 11.5. The van der Waals surface area contributed by atoms with E-state index in [1.165, 1.54) is 4.90 Å². The van der Waals surface area contributed by atoms with Crippen molar-refractivity contribution in [1.29, 1.82) is 0 Å². The van der Waals surface area contributed by atoms with Crippen LogP contribution in [0.1, 0.15) is 37.9 Å². The summed E-state index contributed by atoms with van der Waals surface area (Å²) in [6.07, 6.45) is 1.10. The Kier molecular flexibility index (Phi) is 5.76. The zero-order valence-corrected chi connectivity index (χ0v) is 18.9. The van der Waals surface area contributed by atoms with E-state index in [0.717, 1.165) is 16.5 Å². The zero-order valence-electron chi connectivity index (χ0n) is 18.9. The van der Waals surface area contributed by atoms with Crippen molar-refractivity contribution >= 4 is 29.7 Å². The summed E-state index contributed by atoms with van der Waals surface area (Å²) in [4.78, 5) is 27.9. The number of ether oxygens (including phenoxy) is 1. The van der Waals surface area contributed by atoms with Crippen LogP contribution in [0.4, 0.5) is 0 Å². The van der Waals surface area contributed by atoms with E-state index in [2.05, 4.69) is 0 Å². The molecule has 2 N–H and O–H groups in total. The predicted molar refractivity (Wildman–Crippen MR) is 123 cm³/mol. The number of fused-ring (bicyclic) bond motifs is 4. The van der Waals surface area contributed by atoms with Crippen LogP contribution >= 0.6 is 0 Å². The largest absolute Gasteiger partial charge is 0.507 e. The second-order valence-electron chi connectivity index (χ2n) is 9.20. The van der Waals surface area contributed by atoms with Gasteiger partial charge in [0.2, 0.25) is 11.8 Å². The number of nitrogens with zero attached hydrogens (tertiary/aromatic N) is 1. The average Bonchev–Trinajstić information content (AvgIpc) is 3.04. The van der Waals surface area contributed by atoms with Crippen LogP contribution in [0.15, 0.2) is 47.4 Å². The first-order valence-electron chi connectivity index (χ1n) is 11.6. The lowest BCUT2D eigenvalue weighted by molar-refractivity contribution is -0.140. The normalized spacial score (nSPS) is 27.4.